The molecule has 2 amide bonds. The van der Waals surface area contributed by atoms with Crippen molar-refractivity contribution in [2.75, 3.05) is 20.8 Å². The van der Waals surface area contributed by atoms with Crippen LogP contribution in [0.4, 0.5) is 0 Å². The van der Waals surface area contributed by atoms with E-state index in [1.807, 2.05) is 43.5 Å². The lowest BCUT2D eigenvalue weighted by Crippen LogP contribution is -2.35. The van der Waals surface area contributed by atoms with Crippen molar-refractivity contribution in [2.45, 2.75) is 13.8 Å². The number of hydrazone groups is 1. The van der Waals surface area contributed by atoms with Crippen LogP contribution in [0.3, 0.4) is 0 Å². The molecular formula is C25H25N3O4S. The average molecular weight is 464 g/mol. The Hall–Kier alpha value is -3.83. The van der Waals surface area contributed by atoms with Crippen LogP contribution in [0.1, 0.15) is 29.8 Å². The van der Waals surface area contributed by atoms with Crippen molar-refractivity contribution in [1.29, 1.82) is 0 Å². The Morgan fingerprint density at radius 1 is 1.09 bits per heavy atom. The number of carbonyl (C=O) groups excluding carboxylic acids is 2. The Balaban J connectivity index is 1.70. The van der Waals surface area contributed by atoms with Gasteiger partial charge in [-0.3, -0.25) is 9.59 Å². The zero-order valence-corrected chi connectivity index (χ0v) is 19.7. The number of thiophene rings is 1. The number of hydrogen-bond donors (Lipinski definition) is 2. The standard InChI is InChI=1S/C25H25N3O4S/c1-16(2)9-11-20(19-15-33-23-8-6-5-7-18(19)23)27-28-24(29)14-26-25(30)17-10-12-21(31-3)22(13-17)32-4/h5-8,10,12-13,15-16H,14H2,1-4H3,(H,26,30)(H,28,29)/b27-20+. The van der Waals surface area contributed by atoms with E-state index in [1.165, 1.54) is 14.2 Å². The van der Waals surface area contributed by atoms with Gasteiger partial charge in [0.15, 0.2) is 11.5 Å². The highest BCUT2D eigenvalue weighted by atomic mass is 32.1. The van der Waals surface area contributed by atoms with E-state index in [2.05, 4.69) is 27.7 Å². The number of carbonyl (C=O) groups is 2. The lowest BCUT2D eigenvalue weighted by molar-refractivity contribution is -0.120. The monoisotopic (exact) mass is 463 g/mol. The Labute approximate surface area is 196 Å². The van der Waals surface area contributed by atoms with E-state index in [0.29, 0.717) is 22.8 Å². The number of methoxy groups -OCH3 is 2. The molecule has 170 valence electrons. The van der Waals surface area contributed by atoms with Gasteiger partial charge in [-0.15, -0.1) is 11.3 Å². The van der Waals surface area contributed by atoms with Crippen LogP contribution in [0, 0.1) is 17.8 Å². The fraction of sp³-hybridized carbons (Fsp3) is 0.240. The molecule has 0 unspecified atom stereocenters. The molecule has 1 aromatic heterocycles. The van der Waals surface area contributed by atoms with E-state index in [-0.39, 0.29) is 12.5 Å². The third-order valence-electron chi connectivity index (χ3n) is 4.56. The SMILES string of the molecule is COc1ccc(C(=O)NCC(=O)N/N=C(\C#CC(C)C)c2csc3ccccc23)cc1OC. The van der Waals surface area contributed by atoms with Gasteiger partial charge in [-0.25, -0.2) is 5.43 Å². The van der Waals surface area contributed by atoms with Gasteiger partial charge in [0.2, 0.25) is 0 Å². The summed E-state index contributed by atoms with van der Waals surface area (Å²) in [7, 11) is 3.00. The molecule has 2 N–H and O–H groups in total. The molecule has 3 rings (SSSR count). The van der Waals surface area contributed by atoms with Gasteiger partial charge < -0.3 is 14.8 Å². The fourth-order valence-electron chi connectivity index (χ4n) is 2.93. The molecule has 0 aliphatic carbocycles. The third-order valence-corrected chi connectivity index (χ3v) is 5.53. The van der Waals surface area contributed by atoms with Crippen LogP contribution in [0.25, 0.3) is 10.1 Å². The molecule has 0 bridgehead atoms. The average Bonchev–Trinajstić information content (AvgIpc) is 3.26. The van der Waals surface area contributed by atoms with Gasteiger partial charge >= 0.3 is 0 Å². The van der Waals surface area contributed by atoms with Crippen molar-refractivity contribution >= 4 is 38.9 Å². The first kappa shape index (κ1) is 23.8. The number of nitrogens with one attached hydrogen (secondary N) is 2. The van der Waals surface area contributed by atoms with E-state index in [9.17, 15) is 9.59 Å². The van der Waals surface area contributed by atoms with Crippen LogP contribution in [-0.2, 0) is 4.79 Å². The molecule has 0 spiro atoms. The predicted octanol–water partition coefficient (Wildman–Crippen LogP) is 3.83. The van der Waals surface area contributed by atoms with Gasteiger partial charge in [0, 0.05) is 32.5 Å². The largest absolute Gasteiger partial charge is 0.493 e. The molecular weight excluding hydrogens is 438 g/mol. The van der Waals surface area contributed by atoms with Crippen molar-refractivity contribution in [1.82, 2.24) is 10.7 Å². The molecule has 0 radical (unpaired) electrons. The molecule has 0 aliphatic rings. The predicted molar refractivity (Wildman–Crippen MR) is 131 cm³/mol. The Kier molecular flexibility index (Phi) is 8.06. The number of hydrogen-bond acceptors (Lipinski definition) is 6. The zero-order chi connectivity index (χ0) is 23.8. The van der Waals surface area contributed by atoms with Gasteiger partial charge in [0.25, 0.3) is 11.8 Å². The van der Waals surface area contributed by atoms with Gasteiger partial charge in [-0.2, -0.15) is 5.10 Å². The number of ether oxygens (including phenoxy) is 2. The maximum Gasteiger partial charge on any atom is 0.259 e. The van der Waals surface area contributed by atoms with Crippen molar-refractivity contribution in [3.63, 3.8) is 0 Å². The summed E-state index contributed by atoms with van der Waals surface area (Å²) in [5.41, 5.74) is 4.18. The Bertz CT molecular complexity index is 1250. The molecule has 2 aromatic carbocycles. The van der Waals surface area contributed by atoms with E-state index >= 15 is 0 Å². The summed E-state index contributed by atoms with van der Waals surface area (Å²) in [6, 6.07) is 12.7. The minimum Gasteiger partial charge on any atom is -0.493 e. The van der Waals surface area contributed by atoms with Crippen LogP contribution >= 0.6 is 11.3 Å². The van der Waals surface area contributed by atoms with Crippen molar-refractivity contribution in [2.24, 2.45) is 11.0 Å². The highest BCUT2D eigenvalue weighted by Crippen LogP contribution is 2.27. The summed E-state index contributed by atoms with van der Waals surface area (Å²) in [5, 5.41) is 9.83. The summed E-state index contributed by atoms with van der Waals surface area (Å²) in [6.07, 6.45) is 0. The second-order valence-electron chi connectivity index (χ2n) is 7.32. The van der Waals surface area contributed by atoms with Crippen molar-refractivity contribution < 1.29 is 19.1 Å². The first-order chi connectivity index (χ1) is 15.9. The van der Waals surface area contributed by atoms with Gasteiger partial charge in [0.05, 0.1) is 20.8 Å². The number of benzene rings is 2. The van der Waals surface area contributed by atoms with Crippen LogP contribution in [0.5, 0.6) is 11.5 Å². The highest BCUT2D eigenvalue weighted by molar-refractivity contribution is 7.17. The molecule has 7 nitrogen and oxygen atoms in total. The number of fused-ring (bicyclic) bond motifs is 1. The number of amides is 2. The van der Waals surface area contributed by atoms with Crippen LogP contribution < -0.4 is 20.2 Å². The van der Waals surface area contributed by atoms with E-state index < -0.39 is 11.8 Å². The summed E-state index contributed by atoms with van der Waals surface area (Å²) in [4.78, 5) is 24.8. The summed E-state index contributed by atoms with van der Waals surface area (Å²) in [6.45, 7) is 3.73. The minimum atomic E-state index is -0.466. The smallest absolute Gasteiger partial charge is 0.259 e. The zero-order valence-electron chi connectivity index (χ0n) is 18.9. The molecule has 33 heavy (non-hydrogen) atoms. The molecule has 1 heterocycles. The number of nitrogens with zero attached hydrogens (tertiary/aromatic N) is 1. The molecule has 0 fully saturated rings. The van der Waals surface area contributed by atoms with Crippen molar-refractivity contribution in [3.05, 3.63) is 59.0 Å². The Morgan fingerprint density at radius 3 is 2.58 bits per heavy atom. The number of rotatable bonds is 7. The molecule has 0 saturated heterocycles. The van der Waals surface area contributed by atoms with Gasteiger partial charge in [0.1, 0.15) is 5.71 Å². The maximum absolute atomic E-state index is 12.4. The van der Waals surface area contributed by atoms with Gasteiger partial charge in [-0.1, -0.05) is 38.0 Å². The molecule has 0 atom stereocenters. The molecule has 8 heteroatoms. The molecule has 0 aliphatic heterocycles. The van der Waals surface area contributed by atoms with E-state index in [1.54, 1.807) is 29.5 Å². The summed E-state index contributed by atoms with van der Waals surface area (Å²) >= 11 is 1.59. The first-order valence-corrected chi connectivity index (χ1v) is 11.2. The highest BCUT2D eigenvalue weighted by Gasteiger charge is 2.13. The second kappa shape index (κ2) is 11.2. The maximum atomic E-state index is 12.4. The topological polar surface area (TPSA) is 89.0 Å². The first-order valence-electron chi connectivity index (χ1n) is 10.3. The lowest BCUT2D eigenvalue weighted by atomic mass is 10.1. The fourth-order valence-corrected chi connectivity index (χ4v) is 3.87. The van der Waals surface area contributed by atoms with Crippen LogP contribution in [0.2, 0.25) is 0 Å². The van der Waals surface area contributed by atoms with E-state index in [0.717, 1.165) is 15.6 Å². The van der Waals surface area contributed by atoms with Crippen LogP contribution in [0.15, 0.2) is 52.9 Å². The molecule has 3 aromatic rings. The summed E-state index contributed by atoms with van der Waals surface area (Å²) in [5.74, 6) is 6.36. The second-order valence-corrected chi connectivity index (χ2v) is 8.23. The normalized spacial score (nSPS) is 11.0. The lowest BCUT2D eigenvalue weighted by Gasteiger charge is -2.09. The van der Waals surface area contributed by atoms with E-state index in [4.69, 9.17) is 9.47 Å². The third kappa shape index (κ3) is 6.11. The minimum absolute atomic E-state index is 0.150. The summed E-state index contributed by atoms with van der Waals surface area (Å²) < 4.78 is 11.5. The van der Waals surface area contributed by atoms with Gasteiger partial charge in [-0.05, 0) is 30.2 Å². The van der Waals surface area contributed by atoms with Crippen LogP contribution in [-0.4, -0.2) is 38.3 Å². The Morgan fingerprint density at radius 2 is 1.85 bits per heavy atom. The quantitative estimate of drug-likeness (QED) is 0.317. The van der Waals surface area contributed by atoms with Crippen molar-refractivity contribution in [3.8, 4) is 23.3 Å². The molecule has 0 saturated carbocycles.